The number of imidazole rings is 1. The minimum Gasteiger partial charge on any atom is -0.364 e. The molecule has 2 aromatic heterocycles. The summed E-state index contributed by atoms with van der Waals surface area (Å²) in [7, 11) is 0. The third-order valence-electron chi connectivity index (χ3n) is 2.83. The second-order valence-electron chi connectivity index (χ2n) is 4.15. The molecular formula is C13H12ClN5S. The zero-order valence-electron chi connectivity index (χ0n) is 10.7. The van der Waals surface area contributed by atoms with Gasteiger partial charge in [-0.3, -0.25) is 0 Å². The van der Waals surface area contributed by atoms with E-state index in [4.69, 9.17) is 11.6 Å². The van der Waals surface area contributed by atoms with Crippen LogP contribution in [0.25, 0.3) is 11.2 Å². The SMILES string of the molecule is CSc1nc2ncnc(NCc3ccc(Cl)cc3)c2[nH]1. The maximum absolute atomic E-state index is 5.87. The summed E-state index contributed by atoms with van der Waals surface area (Å²) in [5.74, 6) is 0.748. The maximum Gasteiger partial charge on any atom is 0.183 e. The molecule has 0 atom stereocenters. The number of benzene rings is 1. The van der Waals surface area contributed by atoms with Crippen molar-refractivity contribution in [2.75, 3.05) is 11.6 Å². The lowest BCUT2D eigenvalue weighted by molar-refractivity contribution is 1.08. The summed E-state index contributed by atoms with van der Waals surface area (Å²) in [5.41, 5.74) is 2.62. The normalized spacial score (nSPS) is 10.9. The molecule has 3 rings (SSSR count). The highest BCUT2D eigenvalue weighted by atomic mass is 35.5. The van der Waals surface area contributed by atoms with Gasteiger partial charge in [-0.1, -0.05) is 35.5 Å². The van der Waals surface area contributed by atoms with E-state index in [1.165, 1.54) is 6.33 Å². The van der Waals surface area contributed by atoms with E-state index in [0.29, 0.717) is 12.2 Å². The molecule has 0 saturated heterocycles. The number of fused-ring (bicyclic) bond motifs is 1. The Hall–Kier alpha value is -1.79. The standard InChI is InChI=1S/C13H12ClN5S/c1-20-13-18-10-11(16-7-17-12(10)19-13)15-6-8-2-4-9(14)5-3-8/h2-5,7H,6H2,1H3,(H2,15,16,17,18,19). The number of aromatic amines is 1. The lowest BCUT2D eigenvalue weighted by Gasteiger charge is -2.06. The minimum absolute atomic E-state index is 0.664. The molecule has 0 aliphatic heterocycles. The van der Waals surface area contributed by atoms with Crippen LogP contribution in [0.2, 0.25) is 5.02 Å². The Kier molecular flexibility index (Phi) is 3.75. The first-order chi connectivity index (χ1) is 9.76. The molecule has 2 heterocycles. The maximum atomic E-state index is 5.87. The molecule has 1 aromatic carbocycles. The van der Waals surface area contributed by atoms with Crippen LogP contribution >= 0.6 is 23.4 Å². The first-order valence-corrected chi connectivity index (χ1v) is 7.59. The van der Waals surface area contributed by atoms with Gasteiger partial charge in [-0.25, -0.2) is 15.0 Å². The summed E-state index contributed by atoms with van der Waals surface area (Å²) in [4.78, 5) is 16.0. The van der Waals surface area contributed by atoms with E-state index in [0.717, 1.165) is 27.1 Å². The molecule has 7 heteroatoms. The summed E-state index contributed by atoms with van der Waals surface area (Å²) in [6, 6.07) is 7.70. The molecule has 0 aliphatic carbocycles. The molecular weight excluding hydrogens is 294 g/mol. The van der Waals surface area contributed by atoms with Crippen molar-refractivity contribution in [3.05, 3.63) is 41.2 Å². The Bertz CT molecular complexity index is 725. The third kappa shape index (κ3) is 2.71. The Labute approximate surface area is 125 Å². The van der Waals surface area contributed by atoms with E-state index < -0.39 is 0 Å². The highest BCUT2D eigenvalue weighted by Gasteiger charge is 2.08. The van der Waals surface area contributed by atoms with Gasteiger partial charge >= 0.3 is 0 Å². The van der Waals surface area contributed by atoms with Crippen LogP contribution in [0.1, 0.15) is 5.56 Å². The molecule has 0 bridgehead atoms. The first-order valence-electron chi connectivity index (χ1n) is 5.99. The number of aromatic nitrogens is 4. The molecule has 102 valence electrons. The molecule has 20 heavy (non-hydrogen) atoms. The van der Waals surface area contributed by atoms with Gasteiger partial charge in [-0.05, 0) is 24.0 Å². The summed E-state index contributed by atoms with van der Waals surface area (Å²) in [6.45, 7) is 0.664. The number of hydrogen-bond donors (Lipinski definition) is 2. The molecule has 0 aliphatic rings. The number of halogens is 1. The van der Waals surface area contributed by atoms with Crippen molar-refractivity contribution in [3.8, 4) is 0 Å². The zero-order valence-corrected chi connectivity index (χ0v) is 12.3. The van der Waals surface area contributed by atoms with Gasteiger partial charge in [0.25, 0.3) is 0 Å². The Morgan fingerprint density at radius 2 is 2.05 bits per heavy atom. The van der Waals surface area contributed by atoms with Crippen molar-refractivity contribution in [2.45, 2.75) is 11.7 Å². The van der Waals surface area contributed by atoms with E-state index >= 15 is 0 Å². The largest absolute Gasteiger partial charge is 0.364 e. The summed E-state index contributed by atoms with van der Waals surface area (Å²) in [5, 5.41) is 4.85. The van der Waals surface area contributed by atoms with Crippen LogP contribution in [0.15, 0.2) is 35.7 Å². The van der Waals surface area contributed by atoms with Crippen molar-refractivity contribution in [2.24, 2.45) is 0 Å². The van der Waals surface area contributed by atoms with Crippen molar-refractivity contribution in [1.29, 1.82) is 0 Å². The van der Waals surface area contributed by atoms with Gasteiger partial charge in [0.05, 0.1) is 0 Å². The van der Waals surface area contributed by atoms with Crippen molar-refractivity contribution in [3.63, 3.8) is 0 Å². The average Bonchev–Trinajstić information content (AvgIpc) is 2.90. The average molecular weight is 306 g/mol. The second-order valence-corrected chi connectivity index (χ2v) is 5.38. The van der Waals surface area contributed by atoms with Crippen molar-refractivity contribution < 1.29 is 0 Å². The Morgan fingerprint density at radius 1 is 1.25 bits per heavy atom. The van der Waals surface area contributed by atoms with E-state index in [-0.39, 0.29) is 0 Å². The molecule has 0 spiro atoms. The Balaban J connectivity index is 1.83. The molecule has 5 nitrogen and oxygen atoms in total. The smallest absolute Gasteiger partial charge is 0.183 e. The second kappa shape index (κ2) is 5.68. The van der Waals surface area contributed by atoms with Gasteiger partial charge in [-0.2, -0.15) is 0 Å². The molecule has 0 amide bonds. The van der Waals surface area contributed by atoms with E-state index in [9.17, 15) is 0 Å². The fourth-order valence-electron chi connectivity index (χ4n) is 1.83. The van der Waals surface area contributed by atoms with Crippen LogP contribution in [-0.2, 0) is 6.54 Å². The van der Waals surface area contributed by atoms with Crippen LogP contribution in [0.5, 0.6) is 0 Å². The van der Waals surface area contributed by atoms with Gasteiger partial charge in [0.1, 0.15) is 11.8 Å². The van der Waals surface area contributed by atoms with Crippen molar-refractivity contribution in [1.82, 2.24) is 19.9 Å². The highest BCUT2D eigenvalue weighted by molar-refractivity contribution is 7.98. The van der Waals surface area contributed by atoms with Crippen LogP contribution in [0, 0.1) is 0 Å². The fraction of sp³-hybridized carbons (Fsp3) is 0.154. The molecule has 3 aromatic rings. The van der Waals surface area contributed by atoms with Crippen LogP contribution in [0.4, 0.5) is 5.82 Å². The summed E-state index contributed by atoms with van der Waals surface area (Å²) in [6.07, 6.45) is 3.48. The lowest BCUT2D eigenvalue weighted by atomic mass is 10.2. The van der Waals surface area contributed by atoms with Crippen LogP contribution < -0.4 is 5.32 Å². The van der Waals surface area contributed by atoms with Gasteiger partial charge in [0.15, 0.2) is 16.6 Å². The van der Waals surface area contributed by atoms with E-state index in [2.05, 4.69) is 25.3 Å². The quantitative estimate of drug-likeness (QED) is 0.724. The fourth-order valence-corrected chi connectivity index (χ4v) is 2.33. The molecule has 0 unspecified atom stereocenters. The summed E-state index contributed by atoms with van der Waals surface area (Å²) >= 11 is 7.41. The predicted octanol–water partition coefficient (Wildman–Crippen LogP) is 3.34. The molecule has 2 N–H and O–H groups in total. The topological polar surface area (TPSA) is 66.5 Å². The van der Waals surface area contributed by atoms with E-state index in [1.54, 1.807) is 11.8 Å². The van der Waals surface area contributed by atoms with E-state index in [1.807, 2.05) is 30.5 Å². The number of nitrogens with one attached hydrogen (secondary N) is 2. The lowest BCUT2D eigenvalue weighted by Crippen LogP contribution is -2.02. The number of anilines is 1. The number of H-pyrrole nitrogens is 1. The highest BCUT2D eigenvalue weighted by Crippen LogP contribution is 2.21. The van der Waals surface area contributed by atoms with Crippen LogP contribution in [-0.4, -0.2) is 26.2 Å². The minimum atomic E-state index is 0.664. The number of rotatable bonds is 4. The number of nitrogens with zero attached hydrogens (tertiary/aromatic N) is 3. The van der Waals surface area contributed by atoms with Gasteiger partial charge in [0, 0.05) is 11.6 Å². The number of thioether (sulfide) groups is 1. The molecule has 0 radical (unpaired) electrons. The first kappa shape index (κ1) is 13.2. The monoisotopic (exact) mass is 305 g/mol. The third-order valence-corrected chi connectivity index (χ3v) is 3.67. The summed E-state index contributed by atoms with van der Waals surface area (Å²) < 4.78 is 0. The van der Waals surface area contributed by atoms with Gasteiger partial charge in [-0.15, -0.1) is 0 Å². The zero-order chi connectivity index (χ0) is 13.9. The van der Waals surface area contributed by atoms with Gasteiger partial charge in [0.2, 0.25) is 0 Å². The Morgan fingerprint density at radius 3 is 2.80 bits per heavy atom. The predicted molar refractivity (Wildman–Crippen MR) is 82.2 cm³/mol. The molecule has 0 fully saturated rings. The van der Waals surface area contributed by atoms with Gasteiger partial charge < -0.3 is 10.3 Å². The molecule has 0 saturated carbocycles. The van der Waals surface area contributed by atoms with Crippen LogP contribution in [0.3, 0.4) is 0 Å². The van der Waals surface area contributed by atoms with Crippen molar-refractivity contribution >= 4 is 40.3 Å². The number of hydrogen-bond acceptors (Lipinski definition) is 5.